The van der Waals surface area contributed by atoms with Crippen LogP contribution in [0.4, 0.5) is 5.00 Å². The quantitative estimate of drug-likeness (QED) is 0.844. The zero-order valence-corrected chi connectivity index (χ0v) is 13.2. The summed E-state index contributed by atoms with van der Waals surface area (Å²) in [7, 11) is 0. The molecule has 116 valence electrons. The zero-order chi connectivity index (χ0) is 15.2. The number of nitrogens with zero attached hydrogens (tertiary/aromatic N) is 2. The number of rotatable bonds is 5. The van der Waals surface area contributed by atoms with Gasteiger partial charge >= 0.3 is 5.97 Å². The van der Waals surface area contributed by atoms with E-state index in [2.05, 4.69) is 10.3 Å². The van der Waals surface area contributed by atoms with Crippen LogP contribution >= 0.6 is 11.3 Å². The lowest BCUT2D eigenvalue weighted by molar-refractivity contribution is -0.132. The molecule has 0 spiro atoms. The summed E-state index contributed by atoms with van der Waals surface area (Å²) in [4.78, 5) is 30.0. The van der Waals surface area contributed by atoms with Gasteiger partial charge in [-0.1, -0.05) is 0 Å². The standard InChI is InChI=1S/C14H21N3O3S/c1-3-20-14(19)11-12(21-9-15-11)16-10(2)13(18)17-7-5-4-6-8-17/h9-10,16H,3-8H2,1-2H3. The maximum atomic E-state index is 12.4. The van der Waals surface area contributed by atoms with E-state index in [1.165, 1.54) is 17.8 Å². The van der Waals surface area contributed by atoms with Gasteiger partial charge in [0.15, 0.2) is 5.69 Å². The maximum absolute atomic E-state index is 12.4. The van der Waals surface area contributed by atoms with Gasteiger partial charge in [-0.25, -0.2) is 9.78 Å². The first-order valence-electron chi connectivity index (χ1n) is 7.29. The highest BCUT2D eigenvalue weighted by Gasteiger charge is 2.24. The van der Waals surface area contributed by atoms with Crippen molar-refractivity contribution in [2.45, 2.75) is 39.2 Å². The molecule has 2 heterocycles. The Balaban J connectivity index is 1.99. The Labute approximate surface area is 128 Å². The number of carbonyl (C=O) groups is 2. The summed E-state index contributed by atoms with van der Waals surface area (Å²) in [5.41, 5.74) is 1.83. The highest BCUT2D eigenvalue weighted by Crippen LogP contribution is 2.22. The van der Waals surface area contributed by atoms with Crippen LogP contribution in [-0.2, 0) is 9.53 Å². The van der Waals surface area contributed by atoms with Crippen molar-refractivity contribution in [1.29, 1.82) is 0 Å². The molecule has 1 N–H and O–H groups in total. The van der Waals surface area contributed by atoms with Crippen molar-refractivity contribution in [1.82, 2.24) is 9.88 Å². The number of aromatic nitrogens is 1. The number of hydrogen-bond acceptors (Lipinski definition) is 6. The molecule has 21 heavy (non-hydrogen) atoms. The fourth-order valence-corrected chi connectivity index (χ4v) is 3.10. The van der Waals surface area contributed by atoms with E-state index in [9.17, 15) is 9.59 Å². The van der Waals surface area contributed by atoms with Crippen LogP contribution in [0.5, 0.6) is 0 Å². The van der Waals surface area contributed by atoms with Crippen LogP contribution in [0, 0.1) is 0 Å². The highest BCUT2D eigenvalue weighted by atomic mass is 32.1. The van der Waals surface area contributed by atoms with E-state index < -0.39 is 5.97 Å². The maximum Gasteiger partial charge on any atom is 0.360 e. The molecule has 1 aliphatic heterocycles. The molecule has 1 aromatic heterocycles. The van der Waals surface area contributed by atoms with Crippen LogP contribution in [0.2, 0.25) is 0 Å². The van der Waals surface area contributed by atoms with Crippen LogP contribution in [0.15, 0.2) is 5.51 Å². The fourth-order valence-electron chi connectivity index (χ4n) is 2.34. The molecule has 7 heteroatoms. The number of piperidine rings is 1. The second-order valence-electron chi connectivity index (χ2n) is 5.00. The Morgan fingerprint density at radius 3 is 2.81 bits per heavy atom. The van der Waals surface area contributed by atoms with Gasteiger partial charge < -0.3 is 15.0 Å². The second-order valence-corrected chi connectivity index (χ2v) is 5.86. The Morgan fingerprint density at radius 2 is 2.14 bits per heavy atom. The molecule has 2 rings (SSSR count). The van der Waals surface area contributed by atoms with Gasteiger partial charge in [-0.3, -0.25) is 4.79 Å². The number of esters is 1. The molecule has 1 aliphatic rings. The number of thiazole rings is 1. The largest absolute Gasteiger partial charge is 0.461 e. The third-order valence-electron chi connectivity index (χ3n) is 3.42. The van der Waals surface area contributed by atoms with Gasteiger partial charge in [-0.05, 0) is 33.1 Å². The molecule has 1 fully saturated rings. The number of carbonyl (C=O) groups excluding carboxylic acids is 2. The van der Waals surface area contributed by atoms with Crippen LogP contribution in [0.1, 0.15) is 43.6 Å². The van der Waals surface area contributed by atoms with E-state index >= 15 is 0 Å². The summed E-state index contributed by atoms with van der Waals surface area (Å²) in [6, 6.07) is -0.378. The van der Waals surface area contributed by atoms with Gasteiger partial charge in [0.25, 0.3) is 0 Å². The average molecular weight is 311 g/mol. The van der Waals surface area contributed by atoms with E-state index in [4.69, 9.17) is 4.74 Å². The Hall–Kier alpha value is -1.63. The lowest BCUT2D eigenvalue weighted by atomic mass is 10.1. The smallest absolute Gasteiger partial charge is 0.360 e. The molecule has 6 nitrogen and oxygen atoms in total. The minimum atomic E-state index is -0.459. The normalized spacial score (nSPS) is 16.4. The number of likely N-dealkylation sites (tertiary alicyclic amines) is 1. The molecular formula is C14H21N3O3S. The number of hydrogen-bond donors (Lipinski definition) is 1. The molecule has 1 atom stereocenters. The molecule has 1 aromatic rings. The SMILES string of the molecule is CCOC(=O)c1ncsc1NC(C)C(=O)N1CCCCC1. The first-order chi connectivity index (χ1) is 10.1. The predicted molar refractivity (Wildman–Crippen MR) is 81.6 cm³/mol. The average Bonchev–Trinajstić information content (AvgIpc) is 2.95. The van der Waals surface area contributed by atoms with Crippen molar-refractivity contribution in [3.05, 3.63) is 11.2 Å². The van der Waals surface area contributed by atoms with Crippen LogP contribution in [0.25, 0.3) is 0 Å². The molecule has 1 amide bonds. The van der Waals surface area contributed by atoms with E-state index in [0.717, 1.165) is 25.9 Å². The third kappa shape index (κ3) is 3.93. The predicted octanol–water partition coefficient (Wildman–Crippen LogP) is 2.13. The number of anilines is 1. The summed E-state index contributed by atoms with van der Waals surface area (Å²) < 4.78 is 4.96. The molecule has 1 saturated heterocycles. The molecule has 0 aliphatic carbocycles. The fraction of sp³-hybridized carbons (Fsp3) is 0.643. The first kappa shape index (κ1) is 15.8. The number of nitrogens with one attached hydrogen (secondary N) is 1. The van der Waals surface area contributed by atoms with Gasteiger partial charge in [0, 0.05) is 13.1 Å². The Morgan fingerprint density at radius 1 is 1.43 bits per heavy atom. The molecule has 0 aromatic carbocycles. The zero-order valence-electron chi connectivity index (χ0n) is 12.4. The van der Waals surface area contributed by atoms with Crippen molar-refractivity contribution in [3.63, 3.8) is 0 Å². The number of ether oxygens (including phenoxy) is 1. The summed E-state index contributed by atoms with van der Waals surface area (Å²) in [6.07, 6.45) is 3.31. The topological polar surface area (TPSA) is 71.5 Å². The molecule has 0 radical (unpaired) electrons. The number of amides is 1. The molecule has 1 unspecified atom stereocenters. The van der Waals surface area contributed by atoms with Gasteiger partial charge in [0.05, 0.1) is 12.1 Å². The first-order valence-corrected chi connectivity index (χ1v) is 8.17. The van der Waals surface area contributed by atoms with Crippen molar-refractivity contribution in [2.75, 3.05) is 25.0 Å². The molecular weight excluding hydrogens is 290 g/mol. The lowest BCUT2D eigenvalue weighted by Gasteiger charge is -2.29. The van der Waals surface area contributed by atoms with Crippen molar-refractivity contribution < 1.29 is 14.3 Å². The van der Waals surface area contributed by atoms with Crippen LogP contribution in [0.3, 0.4) is 0 Å². The summed E-state index contributed by atoms with van der Waals surface area (Å²) in [5, 5.41) is 3.68. The summed E-state index contributed by atoms with van der Waals surface area (Å²) in [5.74, 6) is -0.392. The van der Waals surface area contributed by atoms with Gasteiger partial charge in [0.1, 0.15) is 11.0 Å². The van der Waals surface area contributed by atoms with Crippen molar-refractivity contribution in [2.24, 2.45) is 0 Å². The van der Waals surface area contributed by atoms with Gasteiger partial charge in [-0.15, -0.1) is 11.3 Å². The van der Waals surface area contributed by atoms with Crippen LogP contribution in [-0.4, -0.2) is 47.5 Å². The summed E-state index contributed by atoms with van der Waals surface area (Å²) in [6.45, 7) is 5.50. The monoisotopic (exact) mass is 311 g/mol. The minimum absolute atomic E-state index is 0.0675. The Bertz CT molecular complexity index is 497. The van der Waals surface area contributed by atoms with E-state index in [1.54, 1.807) is 12.4 Å². The Kier molecular flexibility index (Phi) is 5.55. The van der Waals surface area contributed by atoms with Crippen LogP contribution < -0.4 is 5.32 Å². The van der Waals surface area contributed by atoms with Gasteiger partial charge in [0.2, 0.25) is 5.91 Å². The minimum Gasteiger partial charge on any atom is -0.461 e. The lowest BCUT2D eigenvalue weighted by Crippen LogP contribution is -2.43. The second kappa shape index (κ2) is 7.40. The van der Waals surface area contributed by atoms with E-state index in [0.29, 0.717) is 11.6 Å². The highest BCUT2D eigenvalue weighted by molar-refractivity contribution is 7.14. The summed E-state index contributed by atoms with van der Waals surface area (Å²) >= 11 is 1.30. The molecule has 0 saturated carbocycles. The van der Waals surface area contributed by atoms with Crippen molar-refractivity contribution in [3.8, 4) is 0 Å². The molecule has 0 bridgehead atoms. The van der Waals surface area contributed by atoms with E-state index in [-0.39, 0.29) is 17.6 Å². The van der Waals surface area contributed by atoms with E-state index in [1.807, 2.05) is 11.8 Å². The van der Waals surface area contributed by atoms with Crippen molar-refractivity contribution >= 4 is 28.2 Å². The van der Waals surface area contributed by atoms with Gasteiger partial charge in [-0.2, -0.15) is 0 Å². The third-order valence-corrected chi connectivity index (χ3v) is 4.18.